The number of nitrogens with zero attached hydrogens (tertiary/aromatic N) is 1. The fourth-order valence-electron chi connectivity index (χ4n) is 2.64. The van der Waals surface area contributed by atoms with Crippen molar-refractivity contribution in [3.8, 4) is 0 Å². The zero-order valence-corrected chi connectivity index (χ0v) is 14.3. The lowest BCUT2D eigenvalue weighted by atomic mass is 9.94. The lowest BCUT2D eigenvalue weighted by molar-refractivity contribution is -0.149. The number of amides is 1. The average Bonchev–Trinajstić information content (AvgIpc) is 2.50. The number of hydroxylamine groups is 2. The number of aryl methyl sites for hydroxylation is 1. The molecule has 1 aromatic rings. The monoisotopic (exact) mass is 362 g/mol. The topological polar surface area (TPSA) is 75.7 Å². The maximum atomic E-state index is 13.8. The van der Waals surface area contributed by atoms with Crippen molar-refractivity contribution in [1.82, 2.24) is 9.79 Å². The molecule has 1 aromatic carbocycles. The maximum absolute atomic E-state index is 13.8. The third-order valence-electron chi connectivity index (χ3n) is 4.06. The molecule has 1 aliphatic rings. The minimum Gasteiger partial charge on any atom is -0.302 e. The van der Waals surface area contributed by atoms with Crippen LogP contribution in [0.5, 0.6) is 0 Å². The van der Waals surface area contributed by atoms with Crippen LogP contribution in [0.25, 0.3) is 0 Å². The molecule has 1 N–H and O–H groups in total. The zero-order valence-electron chi connectivity index (χ0n) is 13.5. The molecule has 1 heterocycles. The van der Waals surface area contributed by atoms with Gasteiger partial charge in [0.1, 0.15) is 16.5 Å². The van der Waals surface area contributed by atoms with E-state index in [-0.39, 0.29) is 17.9 Å². The normalized spacial score (nSPS) is 17.0. The standard InChI is InChI=1S/C15H20F2N2O4S/c1-10-7-13(17)14(9-12(10)16)24(21,22)18-15(20)8-11-3-5-19(23-2)6-4-11/h7,9,11H,3-6,8H2,1-2H3,(H,18,20). The average molecular weight is 362 g/mol. The molecule has 1 aliphatic heterocycles. The van der Waals surface area contributed by atoms with Gasteiger partial charge in [-0.3, -0.25) is 4.79 Å². The van der Waals surface area contributed by atoms with Gasteiger partial charge in [-0.15, -0.1) is 0 Å². The van der Waals surface area contributed by atoms with Crippen LogP contribution < -0.4 is 4.72 Å². The van der Waals surface area contributed by atoms with Crippen LogP contribution in [-0.4, -0.2) is 39.6 Å². The van der Waals surface area contributed by atoms with Crippen molar-refractivity contribution in [2.24, 2.45) is 5.92 Å². The number of benzene rings is 1. The summed E-state index contributed by atoms with van der Waals surface area (Å²) in [6.45, 7) is 2.62. The van der Waals surface area contributed by atoms with E-state index in [9.17, 15) is 22.0 Å². The zero-order chi connectivity index (χ0) is 17.9. The van der Waals surface area contributed by atoms with Gasteiger partial charge >= 0.3 is 0 Å². The number of hydrogen-bond acceptors (Lipinski definition) is 5. The van der Waals surface area contributed by atoms with Gasteiger partial charge in [-0.25, -0.2) is 21.9 Å². The molecule has 0 aromatic heterocycles. The van der Waals surface area contributed by atoms with Crippen molar-refractivity contribution >= 4 is 15.9 Å². The minimum absolute atomic E-state index is 0.00669. The molecule has 0 aliphatic carbocycles. The van der Waals surface area contributed by atoms with Gasteiger partial charge in [-0.2, -0.15) is 5.06 Å². The van der Waals surface area contributed by atoms with Crippen LogP contribution in [-0.2, 0) is 19.7 Å². The first kappa shape index (κ1) is 18.8. The Morgan fingerprint density at radius 3 is 2.50 bits per heavy atom. The number of nitrogens with one attached hydrogen (secondary N) is 1. The number of hydrogen-bond donors (Lipinski definition) is 1. The Morgan fingerprint density at radius 1 is 1.29 bits per heavy atom. The van der Waals surface area contributed by atoms with Crippen LogP contribution in [0.4, 0.5) is 8.78 Å². The number of piperidine rings is 1. The van der Waals surface area contributed by atoms with E-state index in [1.165, 1.54) is 6.92 Å². The Morgan fingerprint density at radius 2 is 1.92 bits per heavy atom. The van der Waals surface area contributed by atoms with Gasteiger partial charge in [0.05, 0.1) is 7.11 Å². The molecule has 0 radical (unpaired) electrons. The van der Waals surface area contributed by atoms with Crippen LogP contribution in [0.3, 0.4) is 0 Å². The second-order valence-corrected chi connectivity index (χ2v) is 7.47. The number of sulfonamides is 1. The lowest BCUT2D eigenvalue weighted by Crippen LogP contribution is -2.37. The number of halogens is 2. The van der Waals surface area contributed by atoms with Gasteiger partial charge in [0, 0.05) is 19.5 Å². The smallest absolute Gasteiger partial charge is 0.267 e. The summed E-state index contributed by atoms with van der Waals surface area (Å²) >= 11 is 0. The third-order valence-corrected chi connectivity index (χ3v) is 5.44. The lowest BCUT2D eigenvalue weighted by Gasteiger charge is -2.29. The molecule has 1 amide bonds. The highest BCUT2D eigenvalue weighted by atomic mass is 32.2. The van der Waals surface area contributed by atoms with Gasteiger partial charge in [0.15, 0.2) is 0 Å². The molecule has 134 valence electrons. The quantitative estimate of drug-likeness (QED) is 0.864. The Bertz CT molecular complexity index is 716. The van der Waals surface area contributed by atoms with Crippen molar-refractivity contribution in [3.63, 3.8) is 0 Å². The Labute approximate surface area is 139 Å². The van der Waals surface area contributed by atoms with Gasteiger partial charge in [-0.1, -0.05) is 0 Å². The molecule has 2 rings (SSSR count). The van der Waals surface area contributed by atoms with Crippen LogP contribution >= 0.6 is 0 Å². The summed E-state index contributed by atoms with van der Waals surface area (Å²) < 4.78 is 53.3. The highest BCUT2D eigenvalue weighted by Gasteiger charge is 2.26. The second kappa shape index (κ2) is 7.54. The Hall–Kier alpha value is -1.58. The fraction of sp³-hybridized carbons (Fsp3) is 0.533. The molecule has 0 saturated carbocycles. The molecule has 1 fully saturated rings. The van der Waals surface area contributed by atoms with E-state index < -0.39 is 32.5 Å². The molecule has 9 heteroatoms. The number of carbonyl (C=O) groups is 1. The highest BCUT2D eigenvalue weighted by molar-refractivity contribution is 7.90. The Balaban J connectivity index is 2.02. The molecule has 24 heavy (non-hydrogen) atoms. The molecular formula is C15H20F2N2O4S. The van der Waals surface area contributed by atoms with E-state index in [0.717, 1.165) is 6.07 Å². The number of carbonyl (C=O) groups excluding carboxylic acids is 1. The van der Waals surface area contributed by atoms with Gasteiger partial charge in [-0.05, 0) is 43.4 Å². The molecule has 0 unspecified atom stereocenters. The predicted octanol–water partition coefficient (Wildman–Crippen LogP) is 1.74. The molecule has 0 bridgehead atoms. The summed E-state index contributed by atoms with van der Waals surface area (Å²) in [5, 5.41) is 1.76. The first-order valence-electron chi connectivity index (χ1n) is 7.53. The third kappa shape index (κ3) is 4.49. The molecule has 0 atom stereocenters. The van der Waals surface area contributed by atoms with Crippen LogP contribution in [0, 0.1) is 24.5 Å². The first-order valence-corrected chi connectivity index (χ1v) is 9.01. The fourth-order valence-corrected chi connectivity index (χ4v) is 3.71. The van der Waals surface area contributed by atoms with Crippen LogP contribution in [0.15, 0.2) is 17.0 Å². The minimum atomic E-state index is -4.45. The summed E-state index contributed by atoms with van der Waals surface area (Å²) in [4.78, 5) is 16.2. The summed E-state index contributed by atoms with van der Waals surface area (Å²) in [5.74, 6) is -2.66. The molecular weight excluding hydrogens is 342 g/mol. The van der Waals surface area contributed by atoms with E-state index in [4.69, 9.17) is 4.84 Å². The van der Waals surface area contributed by atoms with E-state index in [1.54, 1.807) is 12.2 Å². The molecule has 6 nitrogen and oxygen atoms in total. The maximum Gasteiger partial charge on any atom is 0.267 e. The Kier molecular flexibility index (Phi) is 5.89. The van der Waals surface area contributed by atoms with E-state index in [2.05, 4.69) is 0 Å². The van der Waals surface area contributed by atoms with Crippen molar-refractivity contribution in [1.29, 1.82) is 0 Å². The number of rotatable bonds is 5. The van der Waals surface area contributed by atoms with E-state index >= 15 is 0 Å². The summed E-state index contributed by atoms with van der Waals surface area (Å²) in [7, 11) is -2.88. The highest BCUT2D eigenvalue weighted by Crippen LogP contribution is 2.22. The van der Waals surface area contributed by atoms with Gasteiger partial charge < -0.3 is 4.84 Å². The van der Waals surface area contributed by atoms with Gasteiger partial charge in [0.25, 0.3) is 10.0 Å². The summed E-state index contributed by atoms with van der Waals surface area (Å²) in [6, 6.07) is 1.37. The first-order chi connectivity index (χ1) is 11.2. The summed E-state index contributed by atoms with van der Waals surface area (Å²) in [6.07, 6.45) is 1.39. The van der Waals surface area contributed by atoms with Crippen LogP contribution in [0.2, 0.25) is 0 Å². The molecule has 1 saturated heterocycles. The largest absolute Gasteiger partial charge is 0.302 e. The van der Waals surface area contributed by atoms with E-state index in [1.807, 2.05) is 4.72 Å². The van der Waals surface area contributed by atoms with Gasteiger partial charge in [0.2, 0.25) is 5.91 Å². The van der Waals surface area contributed by atoms with E-state index in [0.29, 0.717) is 32.0 Å². The van der Waals surface area contributed by atoms with Crippen molar-refractivity contribution in [2.75, 3.05) is 20.2 Å². The SMILES string of the molecule is CON1CCC(CC(=O)NS(=O)(=O)c2cc(F)c(C)cc2F)CC1. The van der Waals surface area contributed by atoms with Crippen LogP contribution in [0.1, 0.15) is 24.8 Å². The van der Waals surface area contributed by atoms with Crippen molar-refractivity contribution in [2.45, 2.75) is 31.1 Å². The predicted molar refractivity (Wildman–Crippen MR) is 82.3 cm³/mol. The molecule has 0 spiro atoms. The summed E-state index contributed by atoms with van der Waals surface area (Å²) in [5.41, 5.74) is -0.0114. The van der Waals surface area contributed by atoms with Crippen molar-refractivity contribution in [3.05, 3.63) is 29.3 Å². The second-order valence-electron chi connectivity index (χ2n) is 5.82. The van der Waals surface area contributed by atoms with Crippen molar-refractivity contribution < 1.29 is 26.8 Å².